The second kappa shape index (κ2) is 6.87. The number of pyridine rings is 1. The fourth-order valence-corrected chi connectivity index (χ4v) is 2.51. The highest BCUT2D eigenvalue weighted by Crippen LogP contribution is 2.18. The number of anilines is 1. The Morgan fingerprint density at radius 2 is 2.32 bits per heavy atom. The first-order valence-electron chi connectivity index (χ1n) is 7.29. The normalized spacial score (nSPS) is 24.4. The van der Waals surface area contributed by atoms with Gasteiger partial charge in [-0.15, -0.1) is 0 Å². The molecule has 0 aromatic carbocycles. The monoisotopic (exact) mass is 263 g/mol. The van der Waals surface area contributed by atoms with Gasteiger partial charge in [0.15, 0.2) is 0 Å². The lowest BCUT2D eigenvalue weighted by Crippen LogP contribution is -2.41. The molecule has 1 fully saturated rings. The van der Waals surface area contributed by atoms with Gasteiger partial charge in [0.25, 0.3) is 0 Å². The lowest BCUT2D eigenvalue weighted by atomic mass is 9.97. The Kier molecular flexibility index (Phi) is 5.16. The molecular weight excluding hydrogens is 238 g/mol. The quantitative estimate of drug-likeness (QED) is 0.854. The molecule has 19 heavy (non-hydrogen) atoms. The highest BCUT2D eigenvalue weighted by atomic mass is 16.3. The van der Waals surface area contributed by atoms with Crippen LogP contribution in [0.15, 0.2) is 18.2 Å². The van der Waals surface area contributed by atoms with Crippen molar-refractivity contribution in [3.63, 3.8) is 0 Å². The molecule has 1 aliphatic rings. The van der Waals surface area contributed by atoms with Crippen molar-refractivity contribution in [2.75, 3.05) is 25.0 Å². The zero-order valence-electron chi connectivity index (χ0n) is 12.0. The van der Waals surface area contributed by atoms with Crippen LogP contribution in [0.3, 0.4) is 0 Å². The third kappa shape index (κ3) is 4.18. The molecule has 0 bridgehead atoms. The zero-order valence-corrected chi connectivity index (χ0v) is 12.0. The number of piperidine rings is 1. The molecule has 4 nitrogen and oxygen atoms in total. The number of rotatable bonds is 5. The van der Waals surface area contributed by atoms with E-state index in [0.29, 0.717) is 5.92 Å². The molecule has 2 heterocycles. The van der Waals surface area contributed by atoms with Crippen LogP contribution >= 0.6 is 0 Å². The molecule has 1 aromatic rings. The topological polar surface area (TPSA) is 48.4 Å². The number of aliphatic hydroxyl groups excluding tert-OH is 1. The predicted octanol–water partition coefficient (Wildman–Crippen LogP) is 2.11. The molecule has 4 heteroatoms. The molecule has 0 radical (unpaired) electrons. The predicted molar refractivity (Wildman–Crippen MR) is 78.1 cm³/mol. The van der Waals surface area contributed by atoms with Crippen molar-refractivity contribution in [1.82, 2.24) is 9.88 Å². The van der Waals surface area contributed by atoms with Gasteiger partial charge in [0, 0.05) is 26.2 Å². The second-order valence-electron chi connectivity index (χ2n) is 5.51. The molecule has 0 saturated carbocycles. The van der Waals surface area contributed by atoms with E-state index in [0.717, 1.165) is 50.5 Å². The molecule has 0 aliphatic carbocycles. The van der Waals surface area contributed by atoms with Gasteiger partial charge in [0.1, 0.15) is 5.82 Å². The van der Waals surface area contributed by atoms with Gasteiger partial charge < -0.3 is 10.4 Å². The van der Waals surface area contributed by atoms with E-state index >= 15 is 0 Å². The molecule has 1 aromatic heterocycles. The number of aromatic nitrogens is 1. The van der Waals surface area contributed by atoms with Gasteiger partial charge in [-0.2, -0.15) is 0 Å². The van der Waals surface area contributed by atoms with Crippen molar-refractivity contribution in [3.8, 4) is 0 Å². The van der Waals surface area contributed by atoms with Crippen LogP contribution < -0.4 is 5.32 Å². The molecule has 0 spiro atoms. The third-order valence-electron chi connectivity index (χ3n) is 3.69. The molecule has 1 saturated heterocycles. The molecule has 2 unspecified atom stereocenters. The van der Waals surface area contributed by atoms with Gasteiger partial charge in [0.05, 0.1) is 11.8 Å². The summed E-state index contributed by atoms with van der Waals surface area (Å²) in [5.41, 5.74) is 1.10. The summed E-state index contributed by atoms with van der Waals surface area (Å²) in [5.74, 6) is 1.32. The molecule has 1 aliphatic heterocycles. The number of hydrogen-bond acceptors (Lipinski definition) is 4. The number of nitrogens with zero attached hydrogens (tertiary/aromatic N) is 2. The Balaban J connectivity index is 1.91. The fraction of sp³-hybridized carbons (Fsp3) is 0.667. The van der Waals surface area contributed by atoms with E-state index in [-0.39, 0.29) is 6.10 Å². The highest BCUT2D eigenvalue weighted by Gasteiger charge is 2.24. The number of hydrogen-bond donors (Lipinski definition) is 2. The lowest BCUT2D eigenvalue weighted by molar-refractivity contribution is 0.0316. The molecule has 2 N–H and O–H groups in total. The van der Waals surface area contributed by atoms with Gasteiger partial charge in [-0.05, 0) is 30.9 Å². The van der Waals surface area contributed by atoms with Gasteiger partial charge >= 0.3 is 0 Å². The largest absolute Gasteiger partial charge is 0.393 e. The third-order valence-corrected chi connectivity index (χ3v) is 3.69. The SMILES string of the molecule is CCCNc1cccc(CN2CCC(O)C(C)C2)n1. The van der Waals surface area contributed by atoms with Crippen LogP contribution in [-0.2, 0) is 6.54 Å². The van der Waals surface area contributed by atoms with Crippen molar-refractivity contribution in [1.29, 1.82) is 0 Å². The van der Waals surface area contributed by atoms with Crippen LogP contribution in [0.5, 0.6) is 0 Å². The highest BCUT2D eigenvalue weighted by molar-refractivity contribution is 5.35. The fourth-order valence-electron chi connectivity index (χ4n) is 2.51. The minimum absolute atomic E-state index is 0.137. The summed E-state index contributed by atoms with van der Waals surface area (Å²) in [5, 5.41) is 13.1. The number of nitrogens with one attached hydrogen (secondary N) is 1. The van der Waals surface area contributed by atoms with Crippen LogP contribution in [0.1, 0.15) is 32.4 Å². The van der Waals surface area contributed by atoms with Crippen LogP contribution in [0.2, 0.25) is 0 Å². The van der Waals surface area contributed by atoms with E-state index in [4.69, 9.17) is 0 Å². The summed E-state index contributed by atoms with van der Waals surface area (Å²) < 4.78 is 0. The van der Waals surface area contributed by atoms with Gasteiger partial charge in [0.2, 0.25) is 0 Å². The second-order valence-corrected chi connectivity index (χ2v) is 5.51. The van der Waals surface area contributed by atoms with Crippen LogP contribution in [0, 0.1) is 5.92 Å². The van der Waals surface area contributed by atoms with E-state index in [9.17, 15) is 5.11 Å². The molecular formula is C15H25N3O. The van der Waals surface area contributed by atoms with Crippen molar-refractivity contribution in [2.45, 2.75) is 39.3 Å². The van der Waals surface area contributed by atoms with Gasteiger partial charge in [-0.25, -0.2) is 4.98 Å². The van der Waals surface area contributed by atoms with Gasteiger partial charge in [-0.3, -0.25) is 4.90 Å². The maximum atomic E-state index is 9.75. The summed E-state index contributed by atoms with van der Waals surface area (Å²) in [7, 11) is 0. The van der Waals surface area contributed by atoms with Crippen molar-refractivity contribution >= 4 is 5.82 Å². The van der Waals surface area contributed by atoms with Crippen LogP contribution in [0.4, 0.5) is 5.82 Å². The Hall–Kier alpha value is -1.13. The molecule has 106 valence electrons. The van der Waals surface area contributed by atoms with Crippen LogP contribution in [0.25, 0.3) is 0 Å². The van der Waals surface area contributed by atoms with Gasteiger partial charge in [-0.1, -0.05) is 19.9 Å². The first-order valence-corrected chi connectivity index (χ1v) is 7.29. The Morgan fingerprint density at radius 1 is 1.47 bits per heavy atom. The van der Waals surface area contributed by atoms with E-state index in [1.165, 1.54) is 0 Å². The Labute approximate surface area is 115 Å². The Morgan fingerprint density at radius 3 is 3.05 bits per heavy atom. The van der Waals surface area contributed by atoms with E-state index in [1.54, 1.807) is 0 Å². The molecule has 2 rings (SSSR count). The van der Waals surface area contributed by atoms with E-state index in [2.05, 4.69) is 41.2 Å². The first kappa shape index (κ1) is 14.3. The number of likely N-dealkylation sites (tertiary alicyclic amines) is 1. The smallest absolute Gasteiger partial charge is 0.126 e. The minimum atomic E-state index is -0.137. The van der Waals surface area contributed by atoms with E-state index < -0.39 is 0 Å². The Bertz CT molecular complexity index is 397. The standard InChI is InChI=1S/C15H25N3O/c1-3-8-16-15-6-4-5-13(17-15)11-18-9-7-14(19)12(2)10-18/h4-6,12,14,19H,3,7-11H2,1-2H3,(H,16,17). The molecule has 0 amide bonds. The van der Waals surface area contributed by atoms with Crippen LogP contribution in [-0.4, -0.2) is 40.7 Å². The first-order chi connectivity index (χ1) is 9.19. The average Bonchev–Trinajstić information content (AvgIpc) is 2.41. The zero-order chi connectivity index (χ0) is 13.7. The summed E-state index contributed by atoms with van der Waals surface area (Å²) in [6.07, 6.45) is 1.84. The lowest BCUT2D eigenvalue weighted by Gasteiger charge is -2.34. The van der Waals surface area contributed by atoms with Crippen molar-refractivity contribution in [3.05, 3.63) is 23.9 Å². The maximum absolute atomic E-state index is 9.75. The summed E-state index contributed by atoms with van der Waals surface area (Å²) in [4.78, 5) is 7.01. The van der Waals surface area contributed by atoms with E-state index in [1.807, 2.05) is 6.07 Å². The minimum Gasteiger partial charge on any atom is -0.393 e. The maximum Gasteiger partial charge on any atom is 0.126 e. The van der Waals surface area contributed by atoms with Crippen molar-refractivity contribution in [2.24, 2.45) is 5.92 Å². The number of aliphatic hydroxyl groups is 1. The average molecular weight is 263 g/mol. The van der Waals surface area contributed by atoms with Crippen molar-refractivity contribution < 1.29 is 5.11 Å². The summed E-state index contributed by atoms with van der Waals surface area (Å²) in [6, 6.07) is 6.15. The molecule has 2 atom stereocenters. The summed E-state index contributed by atoms with van der Waals surface area (Å²) >= 11 is 0. The summed E-state index contributed by atoms with van der Waals surface area (Å²) in [6.45, 7) is 8.01.